The van der Waals surface area contributed by atoms with Crippen molar-refractivity contribution in [1.82, 2.24) is 4.98 Å². The maximum atomic E-state index is 11.2. The van der Waals surface area contributed by atoms with Crippen molar-refractivity contribution >= 4 is 27.5 Å². The molecule has 112 valence electrons. The van der Waals surface area contributed by atoms with Crippen LogP contribution < -0.4 is 0 Å². The van der Waals surface area contributed by atoms with Crippen molar-refractivity contribution in [3.63, 3.8) is 0 Å². The number of para-hydroxylation sites is 1. The zero-order valence-electron chi connectivity index (χ0n) is 12.5. The van der Waals surface area contributed by atoms with Gasteiger partial charge in [-0.1, -0.05) is 50.2 Å². The van der Waals surface area contributed by atoms with E-state index in [1.54, 1.807) is 11.3 Å². The molecule has 0 fully saturated rings. The van der Waals surface area contributed by atoms with Gasteiger partial charge in [0.1, 0.15) is 5.01 Å². The first-order chi connectivity index (χ1) is 10.5. The molecule has 1 aromatic heterocycles. The van der Waals surface area contributed by atoms with E-state index in [2.05, 4.69) is 6.07 Å². The lowest BCUT2D eigenvalue weighted by Gasteiger charge is -2.25. The average molecular weight is 311 g/mol. The molecule has 0 amide bonds. The number of hydrogen-bond donors (Lipinski definition) is 1. The van der Waals surface area contributed by atoms with Crippen LogP contribution in [0.25, 0.3) is 20.8 Å². The first-order valence-corrected chi connectivity index (χ1v) is 7.96. The SMILES string of the molecule is CC(C)(CC(=O)O)c1ccccc1-c1nc2ccccc2s1. The molecule has 0 aliphatic carbocycles. The highest BCUT2D eigenvalue weighted by molar-refractivity contribution is 7.21. The molecule has 0 spiro atoms. The third kappa shape index (κ3) is 2.74. The van der Waals surface area contributed by atoms with Crippen molar-refractivity contribution in [2.24, 2.45) is 0 Å². The summed E-state index contributed by atoms with van der Waals surface area (Å²) in [6.07, 6.45) is 0.0922. The zero-order valence-corrected chi connectivity index (χ0v) is 13.4. The van der Waals surface area contributed by atoms with Gasteiger partial charge in [-0.05, 0) is 17.7 Å². The molecule has 0 aliphatic heterocycles. The van der Waals surface area contributed by atoms with E-state index in [0.29, 0.717) is 0 Å². The van der Waals surface area contributed by atoms with Crippen LogP contribution in [0.1, 0.15) is 25.8 Å². The van der Waals surface area contributed by atoms with E-state index < -0.39 is 11.4 Å². The Morgan fingerprint density at radius 3 is 2.55 bits per heavy atom. The largest absolute Gasteiger partial charge is 0.481 e. The van der Waals surface area contributed by atoms with Gasteiger partial charge in [0.25, 0.3) is 0 Å². The van der Waals surface area contributed by atoms with Gasteiger partial charge in [-0.25, -0.2) is 4.98 Å². The average Bonchev–Trinajstić information content (AvgIpc) is 2.89. The standard InChI is InChI=1S/C18H17NO2S/c1-18(2,11-16(20)21)13-8-4-3-7-12(13)17-19-14-9-5-6-10-15(14)22-17/h3-10H,11H2,1-2H3,(H,20,21). The number of carbonyl (C=O) groups is 1. The van der Waals surface area contributed by atoms with Crippen molar-refractivity contribution < 1.29 is 9.90 Å². The van der Waals surface area contributed by atoms with Crippen LogP contribution in [0.5, 0.6) is 0 Å². The summed E-state index contributed by atoms with van der Waals surface area (Å²) in [4.78, 5) is 15.9. The van der Waals surface area contributed by atoms with Gasteiger partial charge in [-0.2, -0.15) is 0 Å². The number of hydrogen-bond acceptors (Lipinski definition) is 3. The third-order valence-corrected chi connectivity index (χ3v) is 4.84. The molecule has 1 heterocycles. The Labute approximate surface area is 133 Å². The number of carboxylic acids is 1. The molecule has 2 aromatic carbocycles. The normalized spacial score (nSPS) is 11.7. The lowest BCUT2D eigenvalue weighted by molar-refractivity contribution is -0.138. The number of thiazole rings is 1. The number of benzene rings is 2. The zero-order chi connectivity index (χ0) is 15.7. The molecular formula is C18H17NO2S. The van der Waals surface area contributed by atoms with Crippen molar-refractivity contribution in [2.45, 2.75) is 25.7 Å². The summed E-state index contributed by atoms with van der Waals surface area (Å²) < 4.78 is 1.14. The molecule has 0 bridgehead atoms. The third-order valence-electron chi connectivity index (χ3n) is 3.77. The number of nitrogens with zero attached hydrogens (tertiary/aromatic N) is 1. The molecule has 3 aromatic rings. The highest BCUT2D eigenvalue weighted by Crippen LogP contribution is 2.38. The Bertz CT molecular complexity index is 803. The second-order valence-corrected chi connectivity index (χ2v) is 7.02. The smallest absolute Gasteiger partial charge is 0.304 e. The Morgan fingerprint density at radius 2 is 1.82 bits per heavy atom. The van der Waals surface area contributed by atoms with Crippen LogP contribution in [0.3, 0.4) is 0 Å². The van der Waals surface area contributed by atoms with Crippen LogP contribution >= 0.6 is 11.3 Å². The van der Waals surface area contributed by atoms with Crippen molar-refractivity contribution in [3.8, 4) is 10.6 Å². The fraction of sp³-hybridized carbons (Fsp3) is 0.222. The van der Waals surface area contributed by atoms with Gasteiger partial charge in [0.05, 0.1) is 16.6 Å². The predicted molar refractivity (Wildman–Crippen MR) is 90.3 cm³/mol. The van der Waals surface area contributed by atoms with E-state index in [0.717, 1.165) is 26.4 Å². The van der Waals surface area contributed by atoms with E-state index in [1.165, 1.54) is 0 Å². The number of aromatic nitrogens is 1. The second kappa shape index (κ2) is 5.54. The molecule has 0 unspecified atom stereocenters. The predicted octanol–water partition coefficient (Wildman–Crippen LogP) is 4.72. The van der Waals surface area contributed by atoms with Gasteiger partial charge < -0.3 is 5.11 Å². The summed E-state index contributed by atoms with van der Waals surface area (Å²) in [5.41, 5.74) is 2.58. The fourth-order valence-corrected chi connectivity index (χ4v) is 3.73. The van der Waals surface area contributed by atoms with Gasteiger partial charge in [-0.15, -0.1) is 11.3 Å². The summed E-state index contributed by atoms with van der Waals surface area (Å²) in [6.45, 7) is 3.93. The number of aliphatic carboxylic acids is 1. The van der Waals surface area contributed by atoms with Crippen LogP contribution in [0, 0.1) is 0 Å². The lowest BCUT2D eigenvalue weighted by atomic mass is 9.79. The Balaban J connectivity index is 2.13. The molecule has 0 aliphatic rings. The summed E-state index contributed by atoms with van der Waals surface area (Å²) in [5.74, 6) is -0.788. The first kappa shape index (κ1) is 14.7. The van der Waals surface area contributed by atoms with Gasteiger partial charge in [0, 0.05) is 11.0 Å². The number of rotatable bonds is 4. The van der Waals surface area contributed by atoms with E-state index in [-0.39, 0.29) is 6.42 Å². The second-order valence-electron chi connectivity index (χ2n) is 5.99. The number of fused-ring (bicyclic) bond motifs is 1. The van der Waals surface area contributed by atoms with E-state index in [1.807, 2.05) is 56.3 Å². The molecule has 1 N–H and O–H groups in total. The minimum atomic E-state index is -0.788. The van der Waals surface area contributed by atoms with E-state index >= 15 is 0 Å². The molecule has 0 atom stereocenters. The van der Waals surface area contributed by atoms with Crippen molar-refractivity contribution in [2.75, 3.05) is 0 Å². The van der Waals surface area contributed by atoms with Crippen molar-refractivity contribution in [3.05, 3.63) is 54.1 Å². The molecule has 0 radical (unpaired) electrons. The molecule has 3 nitrogen and oxygen atoms in total. The van der Waals surface area contributed by atoms with Gasteiger partial charge in [0.15, 0.2) is 0 Å². The van der Waals surface area contributed by atoms with Gasteiger partial charge in [-0.3, -0.25) is 4.79 Å². The van der Waals surface area contributed by atoms with Crippen LogP contribution in [0.15, 0.2) is 48.5 Å². The molecule has 4 heteroatoms. The van der Waals surface area contributed by atoms with Gasteiger partial charge in [0.2, 0.25) is 0 Å². The molecule has 22 heavy (non-hydrogen) atoms. The van der Waals surface area contributed by atoms with Crippen LogP contribution in [0.2, 0.25) is 0 Å². The Morgan fingerprint density at radius 1 is 1.14 bits per heavy atom. The molecular weight excluding hydrogens is 294 g/mol. The minimum absolute atomic E-state index is 0.0922. The molecule has 0 saturated heterocycles. The molecule has 0 saturated carbocycles. The highest BCUT2D eigenvalue weighted by Gasteiger charge is 2.27. The Kier molecular flexibility index (Phi) is 3.71. The van der Waals surface area contributed by atoms with E-state index in [9.17, 15) is 9.90 Å². The highest BCUT2D eigenvalue weighted by atomic mass is 32.1. The fourth-order valence-electron chi connectivity index (χ4n) is 2.72. The van der Waals surface area contributed by atoms with Crippen LogP contribution in [-0.2, 0) is 10.2 Å². The first-order valence-electron chi connectivity index (χ1n) is 7.15. The maximum Gasteiger partial charge on any atom is 0.304 e. The topological polar surface area (TPSA) is 50.2 Å². The maximum absolute atomic E-state index is 11.2. The summed E-state index contributed by atoms with van der Waals surface area (Å²) in [5, 5.41) is 10.1. The summed E-state index contributed by atoms with van der Waals surface area (Å²) in [6, 6.07) is 16.0. The van der Waals surface area contributed by atoms with Crippen LogP contribution in [0.4, 0.5) is 0 Å². The lowest BCUT2D eigenvalue weighted by Crippen LogP contribution is -2.22. The van der Waals surface area contributed by atoms with Gasteiger partial charge >= 0.3 is 5.97 Å². The van der Waals surface area contributed by atoms with Crippen LogP contribution in [-0.4, -0.2) is 16.1 Å². The quantitative estimate of drug-likeness (QED) is 0.758. The summed E-state index contributed by atoms with van der Waals surface area (Å²) in [7, 11) is 0. The summed E-state index contributed by atoms with van der Waals surface area (Å²) >= 11 is 1.64. The molecule has 3 rings (SSSR count). The van der Waals surface area contributed by atoms with Crippen molar-refractivity contribution in [1.29, 1.82) is 0 Å². The monoisotopic (exact) mass is 311 g/mol. The minimum Gasteiger partial charge on any atom is -0.481 e. The number of carboxylic acid groups (broad SMARTS) is 1. The van der Waals surface area contributed by atoms with E-state index in [4.69, 9.17) is 4.98 Å². The Hall–Kier alpha value is -2.20.